The molecular weight excluding hydrogens is 226 g/mol. The van der Waals surface area contributed by atoms with Gasteiger partial charge in [0.2, 0.25) is 0 Å². The fourth-order valence-electron chi connectivity index (χ4n) is 2.02. The van der Waals surface area contributed by atoms with Gasteiger partial charge in [-0.2, -0.15) is 0 Å². The first-order valence-electron chi connectivity index (χ1n) is 6.66. The smallest absolute Gasteiger partial charge is 0.148 e. The second kappa shape index (κ2) is 7.16. The maximum atomic E-state index is 5.46. The Kier molecular flexibility index (Phi) is 5.85. The summed E-state index contributed by atoms with van der Waals surface area (Å²) in [7, 11) is 0. The van der Waals surface area contributed by atoms with Gasteiger partial charge in [-0.3, -0.25) is 0 Å². The van der Waals surface area contributed by atoms with Gasteiger partial charge in [0.05, 0.1) is 0 Å². The summed E-state index contributed by atoms with van der Waals surface area (Å²) in [6.07, 6.45) is 5.22. The zero-order valence-electron chi connectivity index (χ0n) is 11.9. The molecule has 0 spiro atoms. The van der Waals surface area contributed by atoms with Gasteiger partial charge in [-0.25, -0.2) is 15.8 Å². The zero-order valence-corrected chi connectivity index (χ0v) is 11.9. The van der Waals surface area contributed by atoms with Crippen LogP contribution in [-0.4, -0.2) is 22.6 Å². The zero-order chi connectivity index (χ0) is 13.5. The Hall–Kier alpha value is -1.36. The topological polar surface area (TPSA) is 67.1 Å². The highest BCUT2D eigenvalue weighted by atomic mass is 15.3. The van der Waals surface area contributed by atoms with Gasteiger partial charge < -0.3 is 10.3 Å². The number of unbranched alkanes of at least 4 members (excludes halogenated alkanes) is 2. The lowest BCUT2D eigenvalue weighted by Gasteiger charge is -2.29. The fraction of sp³-hybridized carbons (Fsp3) is 0.692. The van der Waals surface area contributed by atoms with E-state index in [1.165, 1.54) is 19.3 Å². The standard InChI is InChI=1S/C13H25N5/c1-5-6-7-8-18(10(2)3)13-11(4)12(17-14)15-9-16-13/h9-10H,5-8,14H2,1-4H3,(H,15,16,17). The molecule has 5 heteroatoms. The van der Waals surface area contributed by atoms with Crippen molar-refractivity contribution in [3.63, 3.8) is 0 Å². The van der Waals surface area contributed by atoms with Crippen LogP contribution in [0.2, 0.25) is 0 Å². The van der Waals surface area contributed by atoms with Gasteiger partial charge in [0.15, 0.2) is 0 Å². The minimum absolute atomic E-state index is 0.418. The van der Waals surface area contributed by atoms with Crippen molar-refractivity contribution in [2.75, 3.05) is 16.9 Å². The van der Waals surface area contributed by atoms with Crippen molar-refractivity contribution in [3.8, 4) is 0 Å². The van der Waals surface area contributed by atoms with Gasteiger partial charge in [-0.05, 0) is 27.2 Å². The van der Waals surface area contributed by atoms with Crippen molar-refractivity contribution >= 4 is 11.6 Å². The summed E-state index contributed by atoms with van der Waals surface area (Å²) in [5, 5.41) is 0. The van der Waals surface area contributed by atoms with E-state index >= 15 is 0 Å². The molecule has 1 aromatic heterocycles. The number of hydrazine groups is 1. The van der Waals surface area contributed by atoms with E-state index in [2.05, 4.69) is 41.1 Å². The molecule has 0 amide bonds. The second-order valence-electron chi connectivity index (χ2n) is 4.81. The molecule has 0 aliphatic heterocycles. The number of nitrogens with one attached hydrogen (secondary N) is 1. The lowest BCUT2D eigenvalue weighted by molar-refractivity contribution is 0.618. The third kappa shape index (κ3) is 3.57. The molecule has 0 bridgehead atoms. The maximum absolute atomic E-state index is 5.46. The second-order valence-corrected chi connectivity index (χ2v) is 4.81. The lowest BCUT2D eigenvalue weighted by atomic mass is 10.2. The van der Waals surface area contributed by atoms with E-state index < -0.39 is 0 Å². The number of aromatic nitrogens is 2. The van der Waals surface area contributed by atoms with Crippen LogP contribution < -0.4 is 16.2 Å². The number of hydrogen-bond acceptors (Lipinski definition) is 5. The summed E-state index contributed by atoms with van der Waals surface area (Å²) in [5.41, 5.74) is 3.62. The van der Waals surface area contributed by atoms with Crippen LogP contribution in [0, 0.1) is 6.92 Å². The average molecular weight is 251 g/mol. The molecule has 1 aromatic rings. The maximum Gasteiger partial charge on any atom is 0.148 e. The molecule has 1 rings (SSSR count). The van der Waals surface area contributed by atoms with E-state index in [-0.39, 0.29) is 0 Å². The number of hydrogen-bond donors (Lipinski definition) is 2. The van der Waals surface area contributed by atoms with Gasteiger partial charge in [0.25, 0.3) is 0 Å². The first-order valence-corrected chi connectivity index (χ1v) is 6.66. The van der Waals surface area contributed by atoms with Crippen molar-refractivity contribution in [2.45, 2.75) is 53.0 Å². The normalized spacial score (nSPS) is 10.8. The van der Waals surface area contributed by atoms with Crippen LogP contribution in [0.3, 0.4) is 0 Å². The molecule has 5 nitrogen and oxygen atoms in total. The summed E-state index contributed by atoms with van der Waals surface area (Å²) in [6, 6.07) is 0.418. The highest BCUT2D eigenvalue weighted by molar-refractivity contribution is 5.57. The van der Waals surface area contributed by atoms with Gasteiger partial charge in [-0.15, -0.1) is 0 Å². The number of rotatable bonds is 7. The van der Waals surface area contributed by atoms with Crippen LogP contribution in [0.4, 0.5) is 11.6 Å². The van der Waals surface area contributed by atoms with E-state index in [0.29, 0.717) is 11.9 Å². The Balaban J connectivity index is 2.91. The summed E-state index contributed by atoms with van der Waals surface area (Å²) in [5.74, 6) is 7.13. The van der Waals surface area contributed by atoms with E-state index in [1.807, 2.05) is 6.92 Å². The monoisotopic (exact) mass is 251 g/mol. The summed E-state index contributed by atoms with van der Waals surface area (Å²) in [6.45, 7) is 9.60. The third-order valence-electron chi connectivity index (χ3n) is 3.09. The van der Waals surface area contributed by atoms with Crippen LogP contribution in [-0.2, 0) is 0 Å². The Labute approximate surface area is 110 Å². The summed E-state index contributed by atoms with van der Waals surface area (Å²) >= 11 is 0. The number of nitrogen functional groups attached to an aromatic ring is 1. The van der Waals surface area contributed by atoms with Crippen LogP contribution in [0.15, 0.2) is 6.33 Å². The van der Waals surface area contributed by atoms with Gasteiger partial charge >= 0.3 is 0 Å². The quantitative estimate of drug-likeness (QED) is 0.443. The van der Waals surface area contributed by atoms with Crippen LogP contribution in [0.25, 0.3) is 0 Å². The Morgan fingerprint density at radius 2 is 2.06 bits per heavy atom. The molecule has 0 aromatic carbocycles. The molecule has 102 valence electrons. The molecule has 18 heavy (non-hydrogen) atoms. The van der Waals surface area contributed by atoms with Crippen molar-refractivity contribution in [1.29, 1.82) is 0 Å². The van der Waals surface area contributed by atoms with E-state index in [9.17, 15) is 0 Å². The van der Waals surface area contributed by atoms with Crippen molar-refractivity contribution in [3.05, 3.63) is 11.9 Å². The number of anilines is 2. The predicted molar refractivity (Wildman–Crippen MR) is 76.6 cm³/mol. The molecule has 1 heterocycles. The Morgan fingerprint density at radius 1 is 1.33 bits per heavy atom. The van der Waals surface area contributed by atoms with Gasteiger partial charge in [0.1, 0.15) is 18.0 Å². The average Bonchev–Trinajstić information content (AvgIpc) is 2.35. The van der Waals surface area contributed by atoms with Gasteiger partial charge in [0, 0.05) is 18.2 Å². The van der Waals surface area contributed by atoms with Crippen molar-refractivity contribution in [1.82, 2.24) is 9.97 Å². The Bertz CT molecular complexity index is 364. The predicted octanol–water partition coefficient (Wildman–Crippen LogP) is 2.48. The highest BCUT2D eigenvalue weighted by Crippen LogP contribution is 2.23. The minimum atomic E-state index is 0.418. The van der Waals surface area contributed by atoms with Crippen LogP contribution in [0.5, 0.6) is 0 Å². The molecular formula is C13H25N5. The van der Waals surface area contributed by atoms with Crippen LogP contribution in [0.1, 0.15) is 45.6 Å². The highest BCUT2D eigenvalue weighted by Gasteiger charge is 2.16. The van der Waals surface area contributed by atoms with Crippen molar-refractivity contribution < 1.29 is 0 Å². The minimum Gasteiger partial charge on any atom is -0.354 e. The molecule has 0 atom stereocenters. The molecule has 3 N–H and O–H groups in total. The molecule has 0 aliphatic rings. The third-order valence-corrected chi connectivity index (χ3v) is 3.09. The molecule has 0 saturated carbocycles. The van der Waals surface area contributed by atoms with E-state index in [4.69, 9.17) is 5.84 Å². The first kappa shape index (κ1) is 14.7. The lowest BCUT2D eigenvalue weighted by Crippen LogP contribution is -2.33. The first-order chi connectivity index (χ1) is 8.61. The van der Waals surface area contributed by atoms with Crippen molar-refractivity contribution in [2.24, 2.45) is 5.84 Å². The van der Waals surface area contributed by atoms with E-state index in [1.54, 1.807) is 6.33 Å². The SMILES string of the molecule is CCCCCN(c1ncnc(NN)c1C)C(C)C. The molecule has 0 fully saturated rings. The number of nitrogens with zero attached hydrogens (tertiary/aromatic N) is 3. The largest absolute Gasteiger partial charge is 0.354 e. The molecule has 0 unspecified atom stereocenters. The molecule has 0 aliphatic carbocycles. The number of nitrogens with two attached hydrogens (primary N) is 1. The van der Waals surface area contributed by atoms with E-state index in [0.717, 1.165) is 17.9 Å². The fourth-order valence-corrected chi connectivity index (χ4v) is 2.02. The molecule has 0 radical (unpaired) electrons. The Morgan fingerprint density at radius 3 is 2.61 bits per heavy atom. The van der Waals surface area contributed by atoms with Crippen LogP contribution >= 0.6 is 0 Å². The molecule has 0 saturated heterocycles. The summed E-state index contributed by atoms with van der Waals surface area (Å²) < 4.78 is 0. The van der Waals surface area contributed by atoms with Gasteiger partial charge in [-0.1, -0.05) is 19.8 Å². The summed E-state index contributed by atoms with van der Waals surface area (Å²) in [4.78, 5) is 10.8.